The zero-order chi connectivity index (χ0) is 13.8. The fraction of sp³-hybridized carbons (Fsp3) is 0.250. The summed E-state index contributed by atoms with van der Waals surface area (Å²) in [6.45, 7) is 4.18. The standard InChI is InChI=1S/C16H18FNS/c1-11-6-7-13(8-12(11)2)16(18)10-19-15-5-3-4-14(17)9-15/h3-9,16H,10,18H2,1-2H3. The average molecular weight is 275 g/mol. The summed E-state index contributed by atoms with van der Waals surface area (Å²) in [5.41, 5.74) is 9.84. The lowest BCUT2D eigenvalue weighted by atomic mass is 10.0. The highest BCUT2D eigenvalue weighted by Crippen LogP contribution is 2.24. The van der Waals surface area contributed by atoms with E-state index in [1.807, 2.05) is 6.07 Å². The van der Waals surface area contributed by atoms with Crippen LogP contribution in [0.25, 0.3) is 0 Å². The van der Waals surface area contributed by atoms with E-state index >= 15 is 0 Å². The van der Waals surface area contributed by atoms with Gasteiger partial charge in [-0.1, -0.05) is 24.3 Å². The Labute approximate surface area is 118 Å². The molecule has 0 aliphatic carbocycles. The highest BCUT2D eigenvalue weighted by molar-refractivity contribution is 7.99. The van der Waals surface area contributed by atoms with Crippen molar-refractivity contribution in [2.45, 2.75) is 24.8 Å². The van der Waals surface area contributed by atoms with E-state index in [1.165, 1.54) is 23.3 Å². The number of hydrogen-bond acceptors (Lipinski definition) is 2. The third kappa shape index (κ3) is 3.82. The van der Waals surface area contributed by atoms with Gasteiger partial charge in [-0.25, -0.2) is 4.39 Å². The largest absolute Gasteiger partial charge is 0.323 e. The monoisotopic (exact) mass is 275 g/mol. The van der Waals surface area contributed by atoms with Gasteiger partial charge < -0.3 is 5.73 Å². The van der Waals surface area contributed by atoms with E-state index in [0.717, 1.165) is 16.2 Å². The SMILES string of the molecule is Cc1ccc(C(N)CSc2cccc(F)c2)cc1C. The molecule has 0 bridgehead atoms. The smallest absolute Gasteiger partial charge is 0.124 e. The van der Waals surface area contributed by atoms with Crippen LogP contribution in [-0.4, -0.2) is 5.75 Å². The zero-order valence-electron chi connectivity index (χ0n) is 11.2. The molecule has 2 rings (SSSR count). The lowest BCUT2D eigenvalue weighted by molar-refractivity contribution is 0.624. The predicted molar refractivity (Wildman–Crippen MR) is 80.0 cm³/mol. The molecule has 100 valence electrons. The molecule has 1 nitrogen and oxygen atoms in total. The second-order valence-corrected chi connectivity index (χ2v) is 5.81. The Morgan fingerprint density at radius 3 is 2.58 bits per heavy atom. The number of rotatable bonds is 4. The van der Waals surface area contributed by atoms with Crippen LogP contribution in [0.5, 0.6) is 0 Å². The number of thioether (sulfide) groups is 1. The summed E-state index contributed by atoms with van der Waals surface area (Å²) in [5.74, 6) is 0.538. The molecule has 2 aromatic rings. The summed E-state index contributed by atoms with van der Waals surface area (Å²) in [7, 11) is 0. The third-order valence-electron chi connectivity index (χ3n) is 3.18. The Morgan fingerprint density at radius 2 is 1.89 bits per heavy atom. The zero-order valence-corrected chi connectivity index (χ0v) is 12.0. The van der Waals surface area contributed by atoms with Crippen molar-refractivity contribution < 1.29 is 4.39 Å². The average Bonchev–Trinajstić information content (AvgIpc) is 2.39. The van der Waals surface area contributed by atoms with E-state index < -0.39 is 0 Å². The molecular formula is C16H18FNS. The van der Waals surface area contributed by atoms with Gasteiger partial charge in [0.15, 0.2) is 0 Å². The summed E-state index contributed by atoms with van der Waals surface area (Å²) in [6.07, 6.45) is 0. The Hall–Kier alpha value is -1.32. The maximum absolute atomic E-state index is 13.1. The second-order valence-electron chi connectivity index (χ2n) is 4.72. The molecule has 19 heavy (non-hydrogen) atoms. The van der Waals surface area contributed by atoms with Crippen molar-refractivity contribution in [2.24, 2.45) is 5.73 Å². The van der Waals surface area contributed by atoms with Crippen molar-refractivity contribution >= 4 is 11.8 Å². The molecular weight excluding hydrogens is 257 g/mol. The highest BCUT2D eigenvalue weighted by Gasteiger charge is 2.08. The van der Waals surface area contributed by atoms with E-state index in [-0.39, 0.29) is 11.9 Å². The van der Waals surface area contributed by atoms with Crippen molar-refractivity contribution in [1.82, 2.24) is 0 Å². The van der Waals surface area contributed by atoms with E-state index in [4.69, 9.17) is 5.73 Å². The Morgan fingerprint density at radius 1 is 1.11 bits per heavy atom. The van der Waals surface area contributed by atoms with E-state index in [1.54, 1.807) is 17.8 Å². The van der Waals surface area contributed by atoms with Gasteiger partial charge in [0, 0.05) is 16.7 Å². The second kappa shape index (κ2) is 6.22. The molecule has 2 aromatic carbocycles. The highest BCUT2D eigenvalue weighted by atomic mass is 32.2. The van der Waals surface area contributed by atoms with Crippen LogP contribution in [0.4, 0.5) is 4.39 Å². The van der Waals surface area contributed by atoms with Gasteiger partial charge in [0.2, 0.25) is 0 Å². The van der Waals surface area contributed by atoms with Crippen molar-refractivity contribution in [2.75, 3.05) is 5.75 Å². The minimum Gasteiger partial charge on any atom is -0.323 e. The summed E-state index contributed by atoms with van der Waals surface area (Å²) in [4.78, 5) is 0.916. The molecule has 0 radical (unpaired) electrons. The first-order valence-electron chi connectivity index (χ1n) is 6.27. The lowest BCUT2D eigenvalue weighted by Crippen LogP contribution is -2.13. The molecule has 0 saturated carbocycles. The van der Waals surface area contributed by atoms with Gasteiger partial charge in [-0.3, -0.25) is 0 Å². The summed E-state index contributed by atoms with van der Waals surface area (Å²) in [6, 6.07) is 12.9. The van der Waals surface area contributed by atoms with Crippen molar-refractivity contribution in [1.29, 1.82) is 0 Å². The van der Waals surface area contributed by atoms with Gasteiger partial charge in [-0.05, 0) is 48.7 Å². The molecule has 0 amide bonds. The Balaban J connectivity index is 2.01. The lowest BCUT2D eigenvalue weighted by Gasteiger charge is -2.13. The van der Waals surface area contributed by atoms with E-state index in [9.17, 15) is 4.39 Å². The van der Waals surface area contributed by atoms with Crippen LogP contribution < -0.4 is 5.73 Å². The molecule has 1 atom stereocenters. The fourth-order valence-corrected chi connectivity index (χ4v) is 2.77. The van der Waals surface area contributed by atoms with Crippen molar-refractivity contribution in [3.05, 3.63) is 65.0 Å². The summed E-state index contributed by atoms with van der Waals surface area (Å²) >= 11 is 1.58. The predicted octanol–water partition coefficient (Wildman–Crippen LogP) is 4.23. The number of benzene rings is 2. The normalized spacial score (nSPS) is 12.4. The van der Waals surface area contributed by atoms with E-state index in [0.29, 0.717) is 0 Å². The molecule has 2 N–H and O–H groups in total. The van der Waals surface area contributed by atoms with Crippen LogP contribution in [0, 0.1) is 19.7 Å². The van der Waals surface area contributed by atoms with Gasteiger partial charge in [0.1, 0.15) is 5.82 Å². The minimum atomic E-state index is -0.204. The molecule has 0 spiro atoms. The van der Waals surface area contributed by atoms with Crippen LogP contribution in [0.15, 0.2) is 47.4 Å². The third-order valence-corrected chi connectivity index (χ3v) is 4.30. The van der Waals surface area contributed by atoms with Gasteiger partial charge in [0.05, 0.1) is 0 Å². The minimum absolute atomic E-state index is 0.0347. The summed E-state index contributed by atoms with van der Waals surface area (Å²) < 4.78 is 13.1. The molecule has 3 heteroatoms. The van der Waals surface area contributed by atoms with Gasteiger partial charge in [-0.2, -0.15) is 0 Å². The molecule has 0 fully saturated rings. The van der Waals surface area contributed by atoms with Crippen LogP contribution in [0.3, 0.4) is 0 Å². The first-order chi connectivity index (χ1) is 9.06. The van der Waals surface area contributed by atoms with Crippen LogP contribution in [0.1, 0.15) is 22.7 Å². The number of aryl methyl sites for hydroxylation is 2. The first-order valence-corrected chi connectivity index (χ1v) is 7.26. The first kappa shape index (κ1) is 14.1. The maximum atomic E-state index is 13.1. The number of nitrogens with two attached hydrogens (primary N) is 1. The Kier molecular flexibility index (Phi) is 4.61. The van der Waals surface area contributed by atoms with Crippen molar-refractivity contribution in [3.63, 3.8) is 0 Å². The van der Waals surface area contributed by atoms with Gasteiger partial charge in [0.25, 0.3) is 0 Å². The fourth-order valence-electron chi connectivity index (χ4n) is 1.83. The number of hydrogen-bond donors (Lipinski definition) is 1. The van der Waals surface area contributed by atoms with Gasteiger partial charge >= 0.3 is 0 Å². The van der Waals surface area contributed by atoms with Gasteiger partial charge in [-0.15, -0.1) is 11.8 Å². The van der Waals surface area contributed by atoms with E-state index in [2.05, 4.69) is 32.0 Å². The number of halogens is 1. The van der Waals surface area contributed by atoms with Crippen LogP contribution >= 0.6 is 11.8 Å². The molecule has 0 heterocycles. The van der Waals surface area contributed by atoms with Crippen LogP contribution in [0.2, 0.25) is 0 Å². The topological polar surface area (TPSA) is 26.0 Å². The molecule has 0 aliphatic heterocycles. The quantitative estimate of drug-likeness (QED) is 0.845. The molecule has 1 unspecified atom stereocenters. The molecule has 0 aliphatic rings. The summed E-state index contributed by atoms with van der Waals surface area (Å²) in [5, 5.41) is 0. The Bertz CT molecular complexity index is 568. The molecule has 0 aromatic heterocycles. The van der Waals surface area contributed by atoms with Crippen LogP contribution in [-0.2, 0) is 0 Å². The maximum Gasteiger partial charge on any atom is 0.124 e. The molecule has 0 saturated heterocycles. The van der Waals surface area contributed by atoms with Crippen molar-refractivity contribution in [3.8, 4) is 0 Å².